The van der Waals surface area contributed by atoms with Crippen molar-refractivity contribution in [1.29, 1.82) is 5.26 Å². The molecule has 1 heterocycles. The van der Waals surface area contributed by atoms with E-state index >= 15 is 0 Å². The number of aryl methyl sites for hydroxylation is 2. The summed E-state index contributed by atoms with van der Waals surface area (Å²) in [5.74, 6) is 0.0748. The van der Waals surface area contributed by atoms with Crippen molar-refractivity contribution in [3.8, 4) is 17.6 Å². The number of halogens is 3. The molecule has 0 atom stereocenters. The van der Waals surface area contributed by atoms with Gasteiger partial charge < -0.3 is 9.72 Å². The van der Waals surface area contributed by atoms with Crippen molar-refractivity contribution in [2.75, 3.05) is 0 Å². The van der Waals surface area contributed by atoms with Gasteiger partial charge in [-0.2, -0.15) is 18.4 Å². The molecule has 3 aromatic carbocycles. The van der Waals surface area contributed by atoms with Gasteiger partial charge in [-0.1, -0.05) is 18.2 Å². The lowest BCUT2D eigenvalue weighted by Crippen LogP contribution is -2.06. The number of benzene rings is 3. The van der Waals surface area contributed by atoms with E-state index in [-0.39, 0.29) is 17.1 Å². The smallest absolute Gasteiger partial charge is 0.416 e. The predicted molar refractivity (Wildman–Crippen MR) is 124 cm³/mol. The molecular formula is C25H17F3N4O3. The number of hydrogen-bond donors (Lipinski definition) is 1. The van der Waals surface area contributed by atoms with Crippen LogP contribution in [0.1, 0.15) is 28.1 Å². The van der Waals surface area contributed by atoms with E-state index in [1.807, 2.05) is 26.0 Å². The zero-order valence-corrected chi connectivity index (χ0v) is 18.5. The molecule has 4 rings (SSSR count). The van der Waals surface area contributed by atoms with E-state index in [9.17, 15) is 28.5 Å². The first-order chi connectivity index (χ1) is 16.6. The number of nitriles is 1. The second kappa shape index (κ2) is 8.95. The largest absolute Gasteiger partial charge is 0.449 e. The van der Waals surface area contributed by atoms with Crippen molar-refractivity contribution in [1.82, 2.24) is 9.97 Å². The minimum Gasteiger partial charge on any atom is -0.449 e. The van der Waals surface area contributed by atoms with Gasteiger partial charge in [0.2, 0.25) is 5.75 Å². The van der Waals surface area contributed by atoms with Gasteiger partial charge in [-0.05, 0) is 61.4 Å². The Kier molecular flexibility index (Phi) is 6.01. The first kappa shape index (κ1) is 23.5. The number of fused-ring (bicyclic) bond motifs is 1. The van der Waals surface area contributed by atoms with Crippen LogP contribution in [0.4, 0.5) is 18.9 Å². The van der Waals surface area contributed by atoms with Gasteiger partial charge >= 0.3 is 11.9 Å². The molecular weight excluding hydrogens is 461 g/mol. The standard InChI is InChI=1S/C25H17F3N4O3/c1-14-9-19-20(10-15(14)2)31-24(30-19)17(13-29)11-16-5-3-4-6-22(16)35-23-8-7-18(25(26,27)28)12-21(23)32(33)34/h3-12H,1-2H3,(H,30,31)/b17-11+. The predicted octanol–water partition coefficient (Wildman–Crippen LogP) is 6.96. The van der Waals surface area contributed by atoms with Crippen LogP contribution >= 0.6 is 0 Å². The lowest BCUT2D eigenvalue weighted by atomic mass is 10.1. The summed E-state index contributed by atoms with van der Waals surface area (Å²) in [5.41, 5.74) is 2.12. The van der Waals surface area contributed by atoms with Gasteiger partial charge in [0.15, 0.2) is 0 Å². The average Bonchev–Trinajstić information content (AvgIpc) is 3.20. The van der Waals surface area contributed by atoms with Crippen LogP contribution < -0.4 is 4.74 Å². The Hall–Kier alpha value is -4.65. The minimum atomic E-state index is -4.74. The van der Waals surface area contributed by atoms with Crippen molar-refractivity contribution < 1.29 is 22.8 Å². The fourth-order valence-corrected chi connectivity index (χ4v) is 3.44. The Morgan fingerprint density at radius 3 is 2.51 bits per heavy atom. The van der Waals surface area contributed by atoms with Crippen LogP contribution in [0.25, 0.3) is 22.7 Å². The molecule has 0 fully saturated rings. The summed E-state index contributed by atoms with van der Waals surface area (Å²) in [7, 11) is 0. The van der Waals surface area contributed by atoms with E-state index in [0.717, 1.165) is 22.7 Å². The number of nitro benzene ring substituents is 1. The third-order valence-corrected chi connectivity index (χ3v) is 5.39. The number of imidazole rings is 1. The molecule has 1 N–H and O–H groups in total. The molecule has 0 aliphatic rings. The molecule has 0 unspecified atom stereocenters. The number of aromatic nitrogens is 2. The maximum absolute atomic E-state index is 13.0. The van der Waals surface area contributed by atoms with Crippen LogP contribution in [0.2, 0.25) is 0 Å². The molecule has 4 aromatic rings. The van der Waals surface area contributed by atoms with Crippen LogP contribution in [0.15, 0.2) is 54.6 Å². The monoisotopic (exact) mass is 478 g/mol. The normalized spacial score (nSPS) is 11.9. The number of H-pyrrole nitrogens is 1. The molecule has 0 amide bonds. The molecule has 0 spiro atoms. The molecule has 35 heavy (non-hydrogen) atoms. The first-order valence-electron chi connectivity index (χ1n) is 10.3. The van der Waals surface area contributed by atoms with E-state index in [1.165, 1.54) is 12.1 Å². The van der Waals surface area contributed by atoms with Crippen molar-refractivity contribution in [2.45, 2.75) is 20.0 Å². The number of hydrogen-bond acceptors (Lipinski definition) is 5. The van der Waals surface area contributed by atoms with Crippen LogP contribution in [0.3, 0.4) is 0 Å². The Bertz CT molecular complexity index is 1490. The number of allylic oxidation sites excluding steroid dienone is 1. The highest BCUT2D eigenvalue weighted by Crippen LogP contribution is 2.39. The highest BCUT2D eigenvalue weighted by molar-refractivity contribution is 5.91. The molecule has 0 aliphatic heterocycles. The highest BCUT2D eigenvalue weighted by atomic mass is 19.4. The van der Waals surface area contributed by atoms with Crippen molar-refractivity contribution >= 4 is 28.4 Å². The van der Waals surface area contributed by atoms with Gasteiger partial charge in [-0.3, -0.25) is 10.1 Å². The summed E-state index contributed by atoms with van der Waals surface area (Å²) in [6.45, 7) is 3.92. The van der Waals surface area contributed by atoms with E-state index in [4.69, 9.17) is 4.74 Å². The Morgan fingerprint density at radius 2 is 1.83 bits per heavy atom. The molecule has 0 radical (unpaired) electrons. The van der Waals surface area contributed by atoms with E-state index in [0.29, 0.717) is 29.0 Å². The second-order valence-corrected chi connectivity index (χ2v) is 7.79. The number of nitrogens with one attached hydrogen (secondary N) is 1. The van der Waals surface area contributed by atoms with Gasteiger partial charge in [0, 0.05) is 11.6 Å². The van der Waals surface area contributed by atoms with E-state index in [1.54, 1.807) is 18.2 Å². The van der Waals surface area contributed by atoms with Crippen LogP contribution in [-0.4, -0.2) is 14.9 Å². The van der Waals surface area contributed by atoms with E-state index in [2.05, 4.69) is 16.0 Å². The van der Waals surface area contributed by atoms with E-state index < -0.39 is 22.4 Å². The number of nitrogens with zero attached hydrogens (tertiary/aromatic N) is 3. The van der Waals surface area contributed by atoms with Gasteiger partial charge in [0.1, 0.15) is 17.6 Å². The molecule has 7 nitrogen and oxygen atoms in total. The quantitative estimate of drug-likeness (QED) is 0.190. The molecule has 176 valence electrons. The average molecular weight is 478 g/mol. The third-order valence-electron chi connectivity index (χ3n) is 5.39. The van der Waals surface area contributed by atoms with Crippen LogP contribution in [-0.2, 0) is 6.18 Å². The highest BCUT2D eigenvalue weighted by Gasteiger charge is 2.33. The number of alkyl halides is 3. The molecule has 0 aliphatic carbocycles. The van der Waals surface area contributed by atoms with Gasteiger partial charge in [0.05, 0.1) is 27.1 Å². The number of nitro groups is 1. The number of rotatable bonds is 5. The van der Waals surface area contributed by atoms with Gasteiger partial charge in [-0.15, -0.1) is 0 Å². The molecule has 0 saturated heterocycles. The summed E-state index contributed by atoms with van der Waals surface area (Å²) < 4.78 is 44.7. The summed E-state index contributed by atoms with van der Waals surface area (Å²) in [4.78, 5) is 18.1. The van der Waals surface area contributed by atoms with Crippen molar-refractivity contribution in [3.05, 3.63) is 92.8 Å². The van der Waals surface area contributed by atoms with Gasteiger partial charge in [0.25, 0.3) is 0 Å². The maximum atomic E-state index is 13.0. The molecule has 10 heteroatoms. The Balaban J connectivity index is 1.74. The lowest BCUT2D eigenvalue weighted by Gasteiger charge is -2.11. The Labute approximate surface area is 197 Å². The zero-order chi connectivity index (χ0) is 25.3. The minimum absolute atomic E-state index is 0.117. The zero-order valence-electron chi connectivity index (χ0n) is 18.5. The molecule has 0 saturated carbocycles. The van der Waals surface area contributed by atoms with Crippen LogP contribution in [0, 0.1) is 35.3 Å². The fourth-order valence-electron chi connectivity index (χ4n) is 3.44. The van der Waals surface area contributed by atoms with Gasteiger partial charge in [-0.25, -0.2) is 4.98 Å². The van der Waals surface area contributed by atoms with Crippen molar-refractivity contribution in [3.63, 3.8) is 0 Å². The summed E-state index contributed by atoms with van der Waals surface area (Å²) in [6.07, 6.45) is -3.25. The number of para-hydroxylation sites is 1. The number of aromatic amines is 1. The fraction of sp³-hybridized carbons (Fsp3) is 0.120. The molecule has 0 bridgehead atoms. The maximum Gasteiger partial charge on any atom is 0.416 e. The Morgan fingerprint density at radius 1 is 1.11 bits per heavy atom. The SMILES string of the molecule is Cc1cc2nc(/C(C#N)=C/c3ccccc3Oc3ccc(C(F)(F)F)cc3[N+](=O)[O-])[nH]c2cc1C. The van der Waals surface area contributed by atoms with Crippen molar-refractivity contribution in [2.24, 2.45) is 0 Å². The lowest BCUT2D eigenvalue weighted by molar-refractivity contribution is -0.385. The molecule has 1 aromatic heterocycles. The summed E-state index contributed by atoms with van der Waals surface area (Å²) in [6, 6.07) is 14.3. The second-order valence-electron chi connectivity index (χ2n) is 7.79. The number of ether oxygens (including phenoxy) is 1. The third kappa shape index (κ3) is 4.84. The summed E-state index contributed by atoms with van der Waals surface area (Å²) >= 11 is 0. The van der Waals surface area contributed by atoms with Crippen LogP contribution in [0.5, 0.6) is 11.5 Å². The first-order valence-corrected chi connectivity index (χ1v) is 10.3. The summed E-state index contributed by atoms with van der Waals surface area (Å²) in [5, 5.41) is 21.2. The topological polar surface area (TPSA) is 105 Å².